The van der Waals surface area contributed by atoms with Crippen molar-refractivity contribution in [2.24, 2.45) is 0 Å². The summed E-state index contributed by atoms with van der Waals surface area (Å²) in [6, 6.07) is 14.7. The second-order valence-electron chi connectivity index (χ2n) is 3.93. The lowest BCUT2D eigenvalue weighted by Gasteiger charge is -2.11. The molecule has 0 atom stereocenters. The molecule has 2 rings (SSSR count). The van der Waals surface area contributed by atoms with Gasteiger partial charge >= 0.3 is 0 Å². The normalized spacial score (nSPS) is 9.74. The Morgan fingerprint density at radius 3 is 2.16 bits per heavy atom. The Kier molecular flexibility index (Phi) is 3.93. The number of carbonyl (C=O) groups is 1. The largest absolute Gasteiger partial charge is 0.298 e. The van der Waals surface area contributed by atoms with Crippen LogP contribution in [0.1, 0.15) is 15.9 Å². The molecule has 0 aliphatic heterocycles. The van der Waals surface area contributed by atoms with E-state index < -0.39 is 0 Å². The van der Waals surface area contributed by atoms with Crippen LogP contribution in [0.3, 0.4) is 0 Å². The summed E-state index contributed by atoms with van der Waals surface area (Å²) in [5, 5.41) is 0. The summed E-state index contributed by atoms with van der Waals surface area (Å²) in [6.07, 6.45) is 0. The minimum Gasteiger partial charge on any atom is -0.298 e. The number of hydrazine groups is 1. The molecule has 0 aromatic heterocycles. The molecule has 96 valence electrons. The number of hydrogen-bond acceptors (Lipinski definition) is 2. The van der Waals surface area contributed by atoms with Crippen LogP contribution in [-0.4, -0.2) is 5.91 Å². The molecule has 0 unspecified atom stereocenters. The topological polar surface area (TPSA) is 41.1 Å². The third-order valence-electron chi connectivity index (χ3n) is 2.56. The van der Waals surface area contributed by atoms with Gasteiger partial charge in [0.05, 0.1) is 5.70 Å². The second kappa shape index (κ2) is 5.82. The third kappa shape index (κ3) is 3.42. The molecule has 1 amide bonds. The first-order valence-electron chi connectivity index (χ1n) is 5.73. The molecule has 0 fully saturated rings. The van der Waals surface area contributed by atoms with Gasteiger partial charge in [-0.05, 0) is 29.8 Å². The monoisotopic (exact) mass is 256 g/mol. The zero-order valence-corrected chi connectivity index (χ0v) is 10.2. The van der Waals surface area contributed by atoms with Gasteiger partial charge in [-0.1, -0.05) is 36.9 Å². The molecule has 3 nitrogen and oxygen atoms in total. The quantitative estimate of drug-likeness (QED) is 0.826. The molecule has 19 heavy (non-hydrogen) atoms. The van der Waals surface area contributed by atoms with Crippen LogP contribution in [0.2, 0.25) is 0 Å². The highest BCUT2D eigenvalue weighted by Crippen LogP contribution is 2.07. The number of halogens is 1. The zero-order valence-electron chi connectivity index (χ0n) is 10.2. The first kappa shape index (κ1) is 12.8. The smallest absolute Gasteiger partial charge is 0.269 e. The van der Waals surface area contributed by atoms with E-state index in [0.29, 0.717) is 11.3 Å². The summed E-state index contributed by atoms with van der Waals surface area (Å²) in [4.78, 5) is 11.8. The molecule has 2 aromatic rings. The van der Waals surface area contributed by atoms with Gasteiger partial charge in [0.25, 0.3) is 5.91 Å². The lowest BCUT2D eigenvalue weighted by molar-refractivity contribution is 0.0942. The van der Waals surface area contributed by atoms with Gasteiger partial charge in [-0.15, -0.1) is 0 Å². The Balaban J connectivity index is 1.94. The Morgan fingerprint density at radius 1 is 0.895 bits per heavy atom. The highest BCUT2D eigenvalue weighted by Gasteiger charge is 2.05. The van der Waals surface area contributed by atoms with Crippen molar-refractivity contribution >= 4 is 11.6 Å². The summed E-state index contributed by atoms with van der Waals surface area (Å²) < 4.78 is 12.7. The first-order valence-corrected chi connectivity index (χ1v) is 5.73. The number of amides is 1. The van der Waals surface area contributed by atoms with Gasteiger partial charge in [0.2, 0.25) is 0 Å². The highest BCUT2D eigenvalue weighted by molar-refractivity contribution is 5.94. The predicted molar refractivity (Wildman–Crippen MR) is 72.5 cm³/mol. The summed E-state index contributed by atoms with van der Waals surface area (Å²) in [5.41, 5.74) is 7.06. The first-order chi connectivity index (χ1) is 9.16. The molecule has 0 aliphatic rings. The van der Waals surface area contributed by atoms with Crippen molar-refractivity contribution in [1.82, 2.24) is 10.9 Å². The van der Waals surface area contributed by atoms with E-state index in [2.05, 4.69) is 17.4 Å². The zero-order chi connectivity index (χ0) is 13.7. The van der Waals surface area contributed by atoms with E-state index in [1.54, 1.807) is 0 Å². The molecule has 0 saturated heterocycles. The van der Waals surface area contributed by atoms with Crippen LogP contribution in [-0.2, 0) is 0 Å². The van der Waals surface area contributed by atoms with Gasteiger partial charge in [0, 0.05) is 5.56 Å². The van der Waals surface area contributed by atoms with Crippen LogP contribution in [0.5, 0.6) is 0 Å². The molecule has 0 saturated carbocycles. The van der Waals surface area contributed by atoms with Crippen molar-refractivity contribution in [3.8, 4) is 0 Å². The second-order valence-corrected chi connectivity index (χ2v) is 3.93. The van der Waals surface area contributed by atoms with Crippen LogP contribution in [0, 0.1) is 5.82 Å². The lowest BCUT2D eigenvalue weighted by atomic mass is 10.2. The van der Waals surface area contributed by atoms with Crippen LogP contribution in [0.15, 0.2) is 61.2 Å². The van der Waals surface area contributed by atoms with E-state index in [4.69, 9.17) is 0 Å². The van der Waals surface area contributed by atoms with Gasteiger partial charge in [-0.3, -0.25) is 15.6 Å². The molecule has 0 aliphatic carbocycles. The minimum absolute atomic E-state index is 0.350. The Morgan fingerprint density at radius 2 is 1.53 bits per heavy atom. The van der Waals surface area contributed by atoms with Crippen LogP contribution in [0.4, 0.5) is 4.39 Å². The average Bonchev–Trinajstić information content (AvgIpc) is 2.46. The minimum atomic E-state index is -0.377. The highest BCUT2D eigenvalue weighted by atomic mass is 19.1. The number of hydrogen-bond donors (Lipinski definition) is 2. The van der Waals surface area contributed by atoms with Gasteiger partial charge in [-0.2, -0.15) is 0 Å². The van der Waals surface area contributed by atoms with E-state index in [9.17, 15) is 9.18 Å². The van der Waals surface area contributed by atoms with Gasteiger partial charge in [-0.25, -0.2) is 4.39 Å². The summed E-state index contributed by atoms with van der Waals surface area (Å²) >= 11 is 0. The standard InChI is InChI=1S/C15H13FN2O/c1-11(12-5-3-2-4-6-12)17-18-15(19)13-7-9-14(16)10-8-13/h2-10,17H,1H2,(H,18,19). The molecule has 0 heterocycles. The van der Waals surface area contributed by atoms with Crippen molar-refractivity contribution in [3.63, 3.8) is 0 Å². The van der Waals surface area contributed by atoms with Gasteiger partial charge < -0.3 is 0 Å². The molecule has 4 heteroatoms. The predicted octanol–water partition coefficient (Wildman–Crippen LogP) is 2.73. The Hall–Kier alpha value is -2.62. The molecule has 2 N–H and O–H groups in total. The number of nitrogens with one attached hydrogen (secondary N) is 2. The van der Waals surface area contributed by atoms with Crippen molar-refractivity contribution in [3.05, 3.63) is 78.1 Å². The number of benzene rings is 2. The maximum absolute atomic E-state index is 12.7. The third-order valence-corrected chi connectivity index (χ3v) is 2.56. The van der Waals surface area contributed by atoms with Crippen molar-refractivity contribution in [2.45, 2.75) is 0 Å². The summed E-state index contributed by atoms with van der Waals surface area (Å²) in [7, 11) is 0. The van der Waals surface area contributed by atoms with Crippen molar-refractivity contribution < 1.29 is 9.18 Å². The fourth-order valence-electron chi connectivity index (χ4n) is 1.52. The molecule has 0 bridgehead atoms. The molecular formula is C15H13FN2O. The summed E-state index contributed by atoms with van der Waals surface area (Å²) in [5.74, 6) is -0.727. The van der Waals surface area contributed by atoms with Crippen molar-refractivity contribution in [1.29, 1.82) is 0 Å². The van der Waals surface area contributed by atoms with E-state index in [1.807, 2.05) is 30.3 Å². The van der Waals surface area contributed by atoms with Crippen molar-refractivity contribution in [2.75, 3.05) is 0 Å². The Labute approximate surface area is 110 Å². The summed E-state index contributed by atoms with van der Waals surface area (Å²) in [6.45, 7) is 3.82. The fraction of sp³-hybridized carbons (Fsp3) is 0. The Bertz CT molecular complexity index is 579. The molecule has 2 aromatic carbocycles. The van der Waals surface area contributed by atoms with E-state index in [1.165, 1.54) is 24.3 Å². The average molecular weight is 256 g/mol. The lowest BCUT2D eigenvalue weighted by Crippen LogP contribution is -2.35. The molecular weight excluding hydrogens is 243 g/mol. The fourth-order valence-corrected chi connectivity index (χ4v) is 1.52. The number of rotatable bonds is 4. The van der Waals surface area contributed by atoms with Crippen LogP contribution >= 0.6 is 0 Å². The van der Waals surface area contributed by atoms with Crippen LogP contribution < -0.4 is 10.9 Å². The maximum Gasteiger partial charge on any atom is 0.269 e. The molecule has 0 spiro atoms. The molecule has 0 radical (unpaired) electrons. The van der Waals surface area contributed by atoms with Gasteiger partial charge in [0.1, 0.15) is 5.82 Å². The SMILES string of the molecule is C=C(NNC(=O)c1ccc(F)cc1)c1ccccc1. The van der Waals surface area contributed by atoms with Gasteiger partial charge in [0.15, 0.2) is 0 Å². The number of carbonyl (C=O) groups excluding carboxylic acids is 1. The van der Waals surface area contributed by atoms with Crippen LogP contribution in [0.25, 0.3) is 5.70 Å². The van der Waals surface area contributed by atoms with E-state index >= 15 is 0 Å². The van der Waals surface area contributed by atoms with E-state index in [0.717, 1.165) is 5.56 Å². The van der Waals surface area contributed by atoms with E-state index in [-0.39, 0.29) is 11.7 Å². The maximum atomic E-state index is 12.7.